The van der Waals surface area contributed by atoms with Gasteiger partial charge in [0.25, 0.3) is 0 Å². The Hall–Kier alpha value is -1.54. The molecule has 0 bridgehead atoms. The molecule has 0 saturated carbocycles. The van der Waals surface area contributed by atoms with Crippen LogP contribution in [0, 0.1) is 0 Å². The van der Waals surface area contributed by atoms with E-state index in [1.807, 2.05) is 28.2 Å². The lowest BCUT2D eigenvalue weighted by Crippen LogP contribution is -1.89. The van der Waals surface area contributed by atoms with E-state index in [-0.39, 0.29) is 0 Å². The Kier molecular flexibility index (Phi) is 49.1. The van der Waals surface area contributed by atoms with E-state index in [9.17, 15) is 0 Å². The molecule has 0 aromatic heterocycles. The fraction of sp³-hybridized carbons (Fsp3) is 0.667. The van der Waals surface area contributed by atoms with E-state index in [2.05, 4.69) is 10.6 Å². The fourth-order valence-corrected chi connectivity index (χ4v) is 0. The Morgan fingerprint density at radius 3 is 0.714 bits per heavy atom. The van der Waals surface area contributed by atoms with Crippen LogP contribution in [0.4, 0.5) is 9.59 Å². The minimum atomic E-state index is -1.83. The molecule has 8 heteroatoms. The van der Waals surface area contributed by atoms with Crippen LogP contribution in [0.1, 0.15) is 0 Å². The molecule has 0 spiro atoms. The molecule has 6 N–H and O–H groups in total. The van der Waals surface area contributed by atoms with Gasteiger partial charge < -0.3 is 31.1 Å². The van der Waals surface area contributed by atoms with E-state index in [0.717, 1.165) is 0 Å². The third kappa shape index (κ3) is 395. The van der Waals surface area contributed by atoms with Crippen molar-refractivity contribution < 1.29 is 30.0 Å². The molecule has 0 aliphatic carbocycles. The van der Waals surface area contributed by atoms with Crippen molar-refractivity contribution in [2.75, 3.05) is 28.2 Å². The zero-order valence-corrected chi connectivity index (χ0v) is 8.61. The lowest BCUT2D eigenvalue weighted by Gasteiger charge is -1.60. The summed E-state index contributed by atoms with van der Waals surface area (Å²) in [4.78, 5) is 17.1. The van der Waals surface area contributed by atoms with Gasteiger partial charge in [-0.05, 0) is 28.2 Å². The smallest absolute Gasteiger partial charge is 0.450 e. The van der Waals surface area contributed by atoms with E-state index in [4.69, 9.17) is 30.0 Å². The van der Waals surface area contributed by atoms with Gasteiger partial charge in [0.15, 0.2) is 0 Å². The SMILES string of the molecule is CNC.CNC.O=C(O)O.O=C(O)O. The highest BCUT2D eigenvalue weighted by molar-refractivity contribution is 5.53. The molecule has 0 saturated heterocycles. The molecule has 0 aromatic rings. The molecule has 0 atom stereocenters. The first kappa shape index (κ1) is 22.9. The predicted molar refractivity (Wildman–Crippen MR) is 51.3 cm³/mol. The highest BCUT2D eigenvalue weighted by Gasteiger charge is 1.70. The zero-order chi connectivity index (χ0) is 12.6. The molecule has 8 nitrogen and oxygen atoms in total. The lowest BCUT2D eigenvalue weighted by atomic mass is 11.3. The predicted octanol–water partition coefficient (Wildman–Crippen LogP) is 0.116. The van der Waals surface area contributed by atoms with Crippen LogP contribution in [0.2, 0.25) is 0 Å². The summed E-state index contributed by atoms with van der Waals surface area (Å²) in [6, 6.07) is 0. The minimum Gasteiger partial charge on any atom is -0.450 e. The third-order valence-electron chi connectivity index (χ3n) is 0. The first-order valence-electron chi connectivity index (χ1n) is 3.30. The van der Waals surface area contributed by atoms with E-state index >= 15 is 0 Å². The van der Waals surface area contributed by atoms with Crippen LogP contribution in [-0.2, 0) is 0 Å². The molecule has 0 amide bonds. The maximum absolute atomic E-state index is 8.56. The van der Waals surface area contributed by atoms with Crippen molar-refractivity contribution in [3.8, 4) is 0 Å². The summed E-state index contributed by atoms with van der Waals surface area (Å²) in [5, 5.41) is 33.4. The summed E-state index contributed by atoms with van der Waals surface area (Å²) >= 11 is 0. The van der Waals surface area contributed by atoms with E-state index < -0.39 is 12.3 Å². The summed E-state index contributed by atoms with van der Waals surface area (Å²) in [7, 11) is 7.50. The maximum atomic E-state index is 8.56. The quantitative estimate of drug-likeness (QED) is 0.334. The van der Waals surface area contributed by atoms with Crippen LogP contribution in [0.25, 0.3) is 0 Å². The molecule has 0 radical (unpaired) electrons. The summed E-state index contributed by atoms with van der Waals surface area (Å²) in [5.41, 5.74) is 0. The van der Waals surface area contributed by atoms with Gasteiger partial charge in [-0.3, -0.25) is 0 Å². The van der Waals surface area contributed by atoms with Crippen molar-refractivity contribution in [1.82, 2.24) is 10.6 Å². The molecule has 0 heterocycles. The van der Waals surface area contributed by atoms with Gasteiger partial charge in [0.2, 0.25) is 0 Å². The molecule has 0 aliphatic heterocycles. The molecular formula is C6H18N2O6. The van der Waals surface area contributed by atoms with Crippen molar-refractivity contribution in [3.63, 3.8) is 0 Å². The second-order valence-electron chi connectivity index (χ2n) is 1.57. The third-order valence-corrected chi connectivity index (χ3v) is 0. The Morgan fingerprint density at radius 1 is 0.714 bits per heavy atom. The van der Waals surface area contributed by atoms with Crippen LogP contribution in [0.5, 0.6) is 0 Å². The molecule has 88 valence electrons. The normalized spacial score (nSPS) is 6.00. The van der Waals surface area contributed by atoms with Gasteiger partial charge in [0.05, 0.1) is 0 Å². The molecule has 14 heavy (non-hydrogen) atoms. The molecule has 0 aromatic carbocycles. The number of carboxylic acid groups (broad SMARTS) is 4. The van der Waals surface area contributed by atoms with Crippen molar-refractivity contribution in [2.45, 2.75) is 0 Å². The van der Waals surface area contributed by atoms with E-state index in [1.165, 1.54) is 0 Å². The zero-order valence-electron chi connectivity index (χ0n) is 8.61. The van der Waals surface area contributed by atoms with Crippen molar-refractivity contribution in [3.05, 3.63) is 0 Å². The van der Waals surface area contributed by atoms with Crippen LogP contribution in [-0.4, -0.2) is 60.9 Å². The summed E-state index contributed by atoms with van der Waals surface area (Å²) in [5.74, 6) is 0. The van der Waals surface area contributed by atoms with Crippen LogP contribution in [0.3, 0.4) is 0 Å². The number of carbonyl (C=O) groups is 2. The number of rotatable bonds is 0. The second-order valence-corrected chi connectivity index (χ2v) is 1.57. The topological polar surface area (TPSA) is 139 Å². The molecule has 0 unspecified atom stereocenters. The van der Waals surface area contributed by atoms with Gasteiger partial charge >= 0.3 is 12.3 Å². The van der Waals surface area contributed by atoms with Gasteiger partial charge in [0, 0.05) is 0 Å². The minimum absolute atomic E-state index is 1.83. The van der Waals surface area contributed by atoms with E-state index in [1.54, 1.807) is 0 Å². The molecule has 0 fully saturated rings. The summed E-state index contributed by atoms with van der Waals surface area (Å²) < 4.78 is 0. The number of hydrogen-bond acceptors (Lipinski definition) is 4. The first-order chi connectivity index (χ1) is 6.29. The number of hydrogen-bond donors (Lipinski definition) is 6. The van der Waals surface area contributed by atoms with Crippen molar-refractivity contribution in [2.24, 2.45) is 0 Å². The van der Waals surface area contributed by atoms with Crippen LogP contribution < -0.4 is 10.6 Å². The monoisotopic (exact) mass is 214 g/mol. The van der Waals surface area contributed by atoms with Gasteiger partial charge in [-0.1, -0.05) is 0 Å². The Labute approximate surface area is 82.2 Å². The average Bonchev–Trinajstić information content (AvgIpc) is 1.85. The number of nitrogens with one attached hydrogen (secondary N) is 2. The van der Waals surface area contributed by atoms with Crippen LogP contribution >= 0.6 is 0 Å². The summed E-state index contributed by atoms with van der Waals surface area (Å²) in [6.45, 7) is 0. The summed E-state index contributed by atoms with van der Waals surface area (Å²) in [6.07, 6.45) is -3.67. The van der Waals surface area contributed by atoms with Gasteiger partial charge in [0.1, 0.15) is 0 Å². The standard InChI is InChI=1S/2C2H7N.2CH2O3/c2*1-3-2;2*2-1(3)4/h2*3H,1-2H3;2*(H2,2,3,4). The highest BCUT2D eigenvalue weighted by Crippen LogP contribution is 1.43. The van der Waals surface area contributed by atoms with Gasteiger partial charge in [-0.25, -0.2) is 9.59 Å². The second kappa shape index (κ2) is 30.0. The molecule has 0 aliphatic rings. The van der Waals surface area contributed by atoms with Crippen LogP contribution in [0.15, 0.2) is 0 Å². The first-order valence-corrected chi connectivity index (χ1v) is 3.30. The molecular weight excluding hydrogens is 196 g/mol. The van der Waals surface area contributed by atoms with Gasteiger partial charge in [-0.2, -0.15) is 0 Å². The lowest BCUT2D eigenvalue weighted by molar-refractivity contribution is 0.135. The highest BCUT2D eigenvalue weighted by atomic mass is 16.6. The fourth-order valence-electron chi connectivity index (χ4n) is 0. The largest absolute Gasteiger partial charge is 0.503 e. The Balaban J connectivity index is -0.0000000482. The van der Waals surface area contributed by atoms with E-state index in [0.29, 0.717) is 0 Å². The average molecular weight is 214 g/mol. The maximum Gasteiger partial charge on any atom is 0.503 e. The van der Waals surface area contributed by atoms with Gasteiger partial charge in [-0.15, -0.1) is 0 Å². The van der Waals surface area contributed by atoms with Crippen molar-refractivity contribution in [1.29, 1.82) is 0 Å². The Bertz CT molecular complexity index is 96.9. The molecule has 0 rings (SSSR count). The van der Waals surface area contributed by atoms with Crippen molar-refractivity contribution >= 4 is 12.3 Å². The Morgan fingerprint density at radius 2 is 0.714 bits per heavy atom.